The first-order valence-electron chi connectivity index (χ1n) is 12.9. The van der Waals surface area contributed by atoms with E-state index in [0.717, 1.165) is 0 Å². The summed E-state index contributed by atoms with van der Waals surface area (Å²) in [6.07, 6.45) is -5.20. The van der Waals surface area contributed by atoms with Gasteiger partial charge in [0.1, 0.15) is 30.2 Å². The lowest BCUT2D eigenvalue weighted by Crippen LogP contribution is -2.57. The molecule has 1 unspecified atom stereocenters. The van der Waals surface area contributed by atoms with Crippen LogP contribution in [0.5, 0.6) is 5.75 Å². The molecular weight excluding hydrogens is 562 g/mol. The number of aliphatic hydroxyl groups is 1. The summed E-state index contributed by atoms with van der Waals surface area (Å²) in [5, 5.41) is 11.2. The number of fused-ring (bicyclic) bond motifs is 1. The Morgan fingerprint density at radius 1 is 1.29 bits per heavy atom. The maximum Gasteiger partial charge on any atom is 0.380 e. The topological polar surface area (TPSA) is 207 Å². The summed E-state index contributed by atoms with van der Waals surface area (Å²) in [7, 11) is -4.13. The van der Waals surface area contributed by atoms with Crippen molar-refractivity contribution in [1.29, 1.82) is 0 Å². The Labute approximate surface area is 234 Å². The summed E-state index contributed by atoms with van der Waals surface area (Å²) in [5.41, 5.74) is 9.17. The average molecular weight is 597 g/mol. The molecule has 3 heterocycles. The molecule has 4 rings (SSSR count). The smallest absolute Gasteiger partial charge is 0.380 e. The van der Waals surface area contributed by atoms with Crippen molar-refractivity contribution >= 4 is 30.7 Å². The Balaban J connectivity index is 1.63. The molecule has 3 aromatic rings. The van der Waals surface area contributed by atoms with Crippen molar-refractivity contribution in [2.24, 2.45) is 11.7 Å². The number of ether oxygens (including phenoxy) is 2. The van der Waals surface area contributed by atoms with E-state index < -0.39 is 67.9 Å². The first-order chi connectivity index (χ1) is 19.3. The van der Waals surface area contributed by atoms with E-state index in [1.165, 1.54) is 24.7 Å². The van der Waals surface area contributed by atoms with E-state index in [1.54, 1.807) is 44.2 Å². The predicted octanol–water partition coefficient (Wildman–Crippen LogP) is 1.89. The lowest BCUT2D eigenvalue weighted by atomic mass is 9.91. The van der Waals surface area contributed by atoms with Crippen LogP contribution in [0.3, 0.4) is 0 Å². The van der Waals surface area contributed by atoms with Gasteiger partial charge in [0.2, 0.25) is 5.95 Å². The van der Waals surface area contributed by atoms with Crippen molar-refractivity contribution < 1.29 is 37.4 Å². The summed E-state index contributed by atoms with van der Waals surface area (Å²) < 4.78 is 52.6. The number of alkyl halides is 1. The summed E-state index contributed by atoms with van der Waals surface area (Å²) in [6, 6.07) is 8.19. The number of carbonyl (C=O) groups excluding carboxylic acids is 1. The molecule has 2 aromatic heterocycles. The molecule has 224 valence electrons. The zero-order valence-electron chi connectivity index (χ0n) is 23.0. The number of hydrogen-bond acceptors (Lipinski definition) is 12. The van der Waals surface area contributed by atoms with Gasteiger partial charge in [0.25, 0.3) is 5.56 Å². The minimum Gasteiger partial charge on any atom is -0.463 e. The number of H-pyrrole nitrogens is 1. The first kappa shape index (κ1) is 30.6. The second-order valence-corrected chi connectivity index (χ2v) is 12.3. The molecule has 1 saturated heterocycles. The largest absolute Gasteiger partial charge is 0.463 e. The number of esters is 1. The van der Waals surface area contributed by atoms with Crippen molar-refractivity contribution in [2.75, 3.05) is 18.6 Å². The van der Waals surface area contributed by atoms with Crippen LogP contribution in [0.2, 0.25) is 0 Å². The number of halogens is 1. The van der Waals surface area contributed by atoms with Gasteiger partial charge in [-0.1, -0.05) is 25.1 Å². The number of nitrogens with zero attached hydrogens (tertiary/aromatic N) is 3. The fourth-order valence-electron chi connectivity index (χ4n) is 4.57. The van der Waals surface area contributed by atoms with Gasteiger partial charge in [-0.15, -0.1) is 0 Å². The van der Waals surface area contributed by atoms with Crippen molar-refractivity contribution in [3.8, 4) is 5.75 Å². The number of rotatable bonds is 11. The number of nitrogens with one attached hydrogen (secondary N) is 1. The number of anilines is 1. The molecule has 0 saturated carbocycles. The second-order valence-electron chi connectivity index (χ2n) is 10.3. The van der Waals surface area contributed by atoms with Crippen molar-refractivity contribution in [3.63, 3.8) is 0 Å². The summed E-state index contributed by atoms with van der Waals surface area (Å²) >= 11 is 0. The van der Waals surface area contributed by atoms with E-state index in [0.29, 0.717) is 0 Å². The molecule has 1 aliphatic rings. The number of aromatic amines is 1. The quantitative estimate of drug-likeness (QED) is 0.185. The number of nitrogens with two attached hydrogens (primary N) is 2. The summed E-state index contributed by atoms with van der Waals surface area (Å²) in [5.74, 6) is -1.48. The molecule has 1 aromatic carbocycles. The van der Waals surface area contributed by atoms with Gasteiger partial charge in [-0.25, -0.2) is 13.9 Å². The van der Waals surface area contributed by atoms with Crippen LogP contribution >= 0.6 is 7.60 Å². The van der Waals surface area contributed by atoms with Gasteiger partial charge < -0.3 is 30.6 Å². The van der Waals surface area contributed by atoms with Crippen LogP contribution in [0.15, 0.2) is 41.5 Å². The van der Waals surface area contributed by atoms with E-state index in [1.807, 2.05) is 0 Å². The van der Waals surface area contributed by atoms with Crippen LogP contribution in [0, 0.1) is 5.92 Å². The monoisotopic (exact) mass is 596 g/mol. The fourth-order valence-corrected chi connectivity index (χ4v) is 6.66. The number of benzene rings is 1. The van der Waals surface area contributed by atoms with Crippen LogP contribution in [0.25, 0.3) is 11.2 Å². The van der Waals surface area contributed by atoms with Crippen molar-refractivity contribution in [2.45, 2.75) is 63.9 Å². The van der Waals surface area contributed by atoms with Gasteiger partial charge in [0.05, 0.1) is 30.6 Å². The highest BCUT2D eigenvalue weighted by Gasteiger charge is 2.58. The molecule has 1 aliphatic heterocycles. The number of imidazole rings is 1. The third-order valence-electron chi connectivity index (χ3n) is 6.57. The van der Waals surface area contributed by atoms with E-state index in [4.69, 9.17) is 30.0 Å². The maximum atomic E-state index is 14.5. The molecule has 7 atom stereocenters. The molecule has 16 heteroatoms. The highest BCUT2D eigenvalue weighted by molar-refractivity contribution is 7.54. The molecular formula is C25H34FN6O8P. The average Bonchev–Trinajstić information content (AvgIpc) is 3.42. The van der Waals surface area contributed by atoms with Crippen LogP contribution in [0.4, 0.5) is 10.3 Å². The minimum absolute atomic E-state index is 0.0449. The minimum atomic E-state index is -4.13. The summed E-state index contributed by atoms with van der Waals surface area (Å²) in [4.78, 5) is 35.1. The Hall–Kier alpha value is -3.36. The van der Waals surface area contributed by atoms with Crippen LogP contribution in [0.1, 0.15) is 33.9 Å². The van der Waals surface area contributed by atoms with E-state index >= 15 is 0 Å². The van der Waals surface area contributed by atoms with Crippen molar-refractivity contribution in [1.82, 2.24) is 19.5 Å². The van der Waals surface area contributed by atoms with E-state index in [-0.39, 0.29) is 29.0 Å². The lowest BCUT2D eigenvalue weighted by molar-refractivity contribution is -0.151. The molecule has 6 N–H and O–H groups in total. The molecule has 41 heavy (non-hydrogen) atoms. The van der Waals surface area contributed by atoms with Gasteiger partial charge in [0.15, 0.2) is 17.4 Å². The standard InChI is InChI=1S/C25H34FN6O8P/c1-13(2)37-22(35)14(3)10-41(36,40-16-8-6-5-7-9-16)39-15(4)18-19(33)25(28,11-26)23(38-18)32-12-29-17-20(32)30-24(27)31-21(17)34/h5-9,12-15,18-19,23,33H,10-11,28H2,1-4H3,(H3,27,30,31,34)/t14-,15+,18-,19+,23-,25?,41-/m1/s1. The van der Waals surface area contributed by atoms with Gasteiger partial charge in [-0.3, -0.25) is 23.7 Å². The normalized spacial score (nSPS) is 25.6. The Bertz CT molecular complexity index is 1490. The molecule has 0 spiro atoms. The first-order valence-corrected chi connectivity index (χ1v) is 14.6. The predicted molar refractivity (Wildman–Crippen MR) is 146 cm³/mol. The zero-order valence-corrected chi connectivity index (χ0v) is 23.9. The molecule has 1 fully saturated rings. The SMILES string of the molecule is CC(C)OC(=O)[C@H](C)C[P@](=O)(Oc1ccccc1)O[C@@H](C)[C@H]1O[C@@H](n2cnc3c(=O)[nH]c(N)nc32)C(N)(CF)[C@H]1O. The number of nitrogen functional groups attached to an aromatic ring is 1. The van der Waals surface area contributed by atoms with Crippen LogP contribution < -0.4 is 21.6 Å². The van der Waals surface area contributed by atoms with Gasteiger partial charge in [0, 0.05) is 0 Å². The third kappa shape index (κ3) is 6.28. The molecule has 0 aliphatic carbocycles. The van der Waals surface area contributed by atoms with Gasteiger partial charge in [-0.05, 0) is 32.9 Å². The van der Waals surface area contributed by atoms with E-state index in [2.05, 4.69) is 15.0 Å². The Kier molecular flexibility index (Phi) is 8.85. The zero-order chi connectivity index (χ0) is 30.1. The fraction of sp³-hybridized carbons (Fsp3) is 0.520. The van der Waals surface area contributed by atoms with Crippen LogP contribution in [-0.2, 0) is 23.4 Å². The molecule has 0 amide bonds. The highest BCUT2D eigenvalue weighted by Crippen LogP contribution is 2.53. The Morgan fingerprint density at radius 3 is 2.61 bits per heavy atom. The number of para-hydroxylation sites is 1. The third-order valence-corrected chi connectivity index (χ3v) is 8.71. The number of aliphatic hydroxyl groups excluding tert-OH is 1. The highest BCUT2D eigenvalue weighted by atomic mass is 31.2. The van der Waals surface area contributed by atoms with Crippen LogP contribution in [-0.4, -0.2) is 73.4 Å². The number of carbonyl (C=O) groups is 1. The maximum absolute atomic E-state index is 14.5. The lowest BCUT2D eigenvalue weighted by Gasteiger charge is -2.31. The molecule has 14 nitrogen and oxygen atoms in total. The number of hydrogen-bond donors (Lipinski definition) is 4. The second kappa shape index (κ2) is 11.9. The van der Waals surface area contributed by atoms with E-state index in [9.17, 15) is 23.7 Å². The van der Waals surface area contributed by atoms with Gasteiger partial charge >= 0.3 is 13.6 Å². The number of aromatic nitrogens is 4. The Morgan fingerprint density at radius 2 is 1.98 bits per heavy atom. The van der Waals surface area contributed by atoms with Gasteiger partial charge in [-0.2, -0.15) is 4.98 Å². The van der Waals surface area contributed by atoms with Crippen molar-refractivity contribution in [3.05, 3.63) is 47.0 Å². The summed E-state index contributed by atoms with van der Waals surface area (Å²) in [6.45, 7) is 5.09. The molecule has 0 bridgehead atoms. The molecule has 0 radical (unpaired) electrons.